The van der Waals surface area contributed by atoms with E-state index in [0.717, 1.165) is 11.1 Å². The number of nitrogens with two attached hydrogens (primary N) is 1. The lowest BCUT2D eigenvalue weighted by Gasteiger charge is -2.09. The van der Waals surface area contributed by atoms with Crippen molar-refractivity contribution in [2.45, 2.75) is 13.8 Å². The zero-order chi connectivity index (χ0) is 15.4. The van der Waals surface area contributed by atoms with Gasteiger partial charge in [-0.25, -0.2) is 4.79 Å². The molecule has 0 atom stereocenters. The van der Waals surface area contributed by atoms with Crippen molar-refractivity contribution in [3.63, 3.8) is 0 Å². The van der Waals surface area contributed by atoms with E-state index in [-0.39, 0.29) is 5.56 Å². The van der Waals surface area contributed by atoms with Crippen molar-refractivity contribution in [3.05, 3.63) is 59.2 Å². The van der Waals surface area contributed by atoms with E-state index < -0.39 is 11.9 Å². The molecule has 0 aliphatic heterocycles. The fraction of sp³-hybridized carbons (Fsp3) is 0.125. The van der Waals surface area contributed by atoms with E-state index in [2.05, 4.69) is 10.6 Å². The molecular weight excluding hydrogens is 266 g/mol. The molecule has 0 fully saturated rings. The van der Waals surface area contributed by atoms with Gasteiger partial charge < -0.3 is 11.1 Å². The van der Waals surface area contributed by atoms with Gasteiger partial charge in [-0.2, -0.15) is 0 Å². The summed E-state index contributed by atoms with van der Waals surface area (Å²) in [5, 5.41) is 4.87. The predicted octanol–water partition coefficient (Wildman–Crippen LogP) is 2.85. The number of urea groups is 1. The molecule has 0 aliphatic rings. The Hall–Kier alpha value is -2.82. The first kappa shape index (κ1) is 14.6. The van der Waals surface area contributed by atoms with Gasteiger partial charge in [-0.05, 0) is 49.2 Å². The summed E-state index contributed by atoms with van der Waals surface area (Å²) in [7, 11) is 0. The number of carbonyl (C=O) groups is 2. The highest BCUT2D eigenvalue weighted by Gasteiger charge is 2.12. The fourth-order valence-electron chi connectivity index (χ4n) is 1.86. The number of carbonyl (C=O) groups excluding carboxylic acids is 2. The lowest BCUT2D eigenvalue weighted by Crippen LogP contribution is -2.34. The maximum Gasteiger partial charge on any atom is 0.326 e. The molecule has 21 heavy (non-hydrogen) atoms. The summed E-state index contributed by atoms with van der Waals surface area (Å²) in [6.07, 6.45) is 0. The SMILES string of the molecule is Cc1ccc(NC(=O)NC(=O)c2ccccc2N)cc1C. The molecule has 5 nitrogen and oxygen atoms in total. The van der Waals surface area contributed by atoms with Crippen molar-refractivity contribution in [1.29, 1.82) is 0 Å². The Bertz CT molecular complexity index is 696. The van der Waals surface area contributed by atoms with Crippen molar-refractivity contribution in [1.82, 2.24) is 5.32 Å². The molecule has 4 N–H and O–H groups in total. The van der Waals surface area contributed by atoms with Crippen LogP contribution in [0, 0.1) is 13.8 Å². The maximum absolute atomic E-state index is 11.9. The van der Waals surface area contributed by atoms with Gasteiger partial charge in [0, 0.05) is 11.4 Å². The van der Waals surface area contributed by atoms with Crippen LogP contribution in [0.5, 0.6) is 0 Å². The summed E-state index contributed by atoms with van der Waals surface area (Å²) in [6, 6.07) is 11.5. The number of nitrogen functional groups attached to an aromatic ring is 1. The molecule has 2 rings (SSSR count). The number of hydrogen-bond acceptors (Lipinski definition) is 3. The standard InChI is InChI=1S/C16H17N3O2/c1-10-7-8-12(9-11(10)2)18-16(21)19-15(20)13-5-3-4-6-14(13)17/h3-9H,17H2,1-2H3,(H2,18,19,20,21). The average molecular weight is 283 g/mol. The number of para-hydroxylation sites is 1. The van der Waals surface area contributed by atoms with Crippen LogP contribution in [0.3, 0.4) is 0 Å². The van der Waals surface area contributed by atoms with Gasteiger partial charge in [-0.15, -0.1) is 0 Å². The molecular formula is C16H17N3O2. The van der Waals surface area contributed by atoms with E-state index in [1.807, 2.05) is 26.0 Å². The van der Waals surface area contributed by atoms with Crippen LogP contribution in [0.4, 0.5) is 16.2 Å². The summed E-state index contributed by atoms with van der Waals surface area (Å²) in [5.41, 5.74) is 9.12. The molecule has 108 valence electrons. The van der Waals surface area contributed by atoms with Gasteiger partial charge >= 0.3 is 6.03 Å². The van der Waals surface area contributed by atoms with Crippen molar-refractivity contribution < 1.29 is 9.59 Å². The predicted molar refractivity (Wildman–Crippen MR) is 83.3 cm³/mol. The molecule has 0 aliphatic carbocycles. The lowest BCUT2D eigenvalue weighted by atomic mass is 10.1. The van der Waals surface area contributed by atoms with Gasteiger partial charge in [0.1, 0.15) is 0 Å². The number of benzene rings is 2. The molecule has 0 spiro atoms. The zero-order valence-electron chi connectivity index (χ0n) is 11.9. The molecule has 0 saturated heterocycles. The Morgan fingerprint density at radius 3 is 2.38 bits per heavy atom. The maximum atomic E-state index is 11.9. The number of anilines is 2. The van der Waals surface area contributed by atoms with Crippen LogP contribution >= 0.6 is 0 Å². The molecule has 0 unspecified atom stereocenters. The third-order valence-electron chi connectivity index (χ3n) is 3.20. The van der Waals surface area contributed by atoms with Gasteiger partial charge in [0.05, 0.1) is 5.56 Å². The number of imide groups is 1. The van der Waals surface area contributed by atoms with Gasteiger partial charge in [0.2, 0.25) is 0 Å². The fourth-order valence-corrected chi connectivity index (χ4v) is 1.86. The Kier molecular flexibility index (Phi) is 4.23. The Balaban J connectivity index is 2.03. The minimum atomic E-state index is -0.591. The van der Waals surface area contributed by atoms with Crippen molar-refractivity contribution in [2.75, 3.05) is 11.1 Å². The van der Waals surface area contributed by atoms with E-state index in [1.54, 1.807) is 30.3 Å². The molecule has 0 aromatic heterocycles. The molecule has 0 bridgehead atoms. The van der Waals surface area contributed by atoms with E-state index in [1.165, 1.54) is 0 Å². The van der Waals surface area contributed by atoms with Gasteiger partial charge in [-0.1, -0.05) is 18.2 Å². The first-order valence-electron chi connectivity index (χ1n) is 6.51. The third-order valence-corrected chi connectivity index (χ3v) is 3.20. The summed E-state index contributed by atoms with van der Waals surface area (Å²) < 4.78 is 0. The second kappa shape index (κ2) is 6.09. The first-order chi connectivity index (χ1) is 9.97. The smallest absolute Gasteiger partial charge is 0.326 e. The average Bonchev–Trinajstić information content (AvgIpc) is 2.43. The van der Waals surface area contributed by atoms with Crippen LogP contribution < -0.4 is 16.4 Å². The summed E-state index contributed by atoms with van der Waals surface area (Å²) in [6.45, 7) is 3.94. The molecule has 3 amide bonds. The topological polar surface area (TPSA) is 84.2 Å². The quantitative estimate of drug-likeness (QED) is 0.741. The van der Waals surface area contributed by atoms with Gasteiger partial charge in [0.15, 0.2) is 0 Å². The highest BCUT2D eigenvalue weighted by atomic mass is 16.2. The second-order valence-electron chi connectivity index (χ2n) is 4.79. The van der Waals surface area contributed by atoms with Crippen LogP contribution in [0.15, 0.2) is 42.5 Å². The third kappa shape index (κ3) is 3.60. The van der Waals surface area contributed by atoms with E-state index in [9.17, 15) is 9.59 Å². The normalized spacial score (nSPS) is 10.0. The molecule has 0 heterocycles. The van der Waals surface area contributed by atoms with E-state index >= 15 is 0 Å². The number of rotatable bonds is 2. The van der Waals surface area contributed by atoms with Crippen LogP contribution in [0.2, 0.25) is 0 Å². The number of hydrogen-bond donors (Lipinski definition) is 3. The summed E-state index contributed by atoms with van der Waals surface area (Å²) in [5.74, 6) is -0.533. The lowest BCUT2D eigenvalue weighted by molar-refractivity contribution is 0.0968. The van der Waals surface area contributed by atoms with Crippen LogP contribution in [0.25, 0.3) is 0 Å². The van der Waals surface area contributed by atoms with Crippen molar-refractivity contribution in [3.8, 4) is 0 Å². The van der Waals surface area contributed by atoms with E-state index in [0.29, 0.717) is 11.4 Å². The Morgan fingerprint density at radius 2 is 1.71 bits per heavy atom. The summed E-state index contributed by atoms with van der Waals surface area (Å²) in [4.78, 5) is 23.8. The second-order valence-corrected chi connectivity index (χ2v) is 4.79. The van der Waals surface area contributed by atoms with Crippen LogP contribution in [0.1, 0.15) is 21.5 Å². The molecule has 0 saturated carbocycles. The Morgan fingerprint density at radius 1 is 1.00 bits per heavy atom. The monoisotopic (exact) mass is 283 g/mol. The highest BCUT2D eigenvalue weighted by molar-refractivity contribution is 6.10. The molecule has 0 radical (unpaired) electrons. The minimum absolute atomic E-state index is 0.271. The van der Waals surface area contributed by atoms with Gasteiger partial charge in [0.25, 0.3) is 5.91 Å². The first-order valence-corrected chi connectivity index (χ1v) is 6.51. The number of aryl methyl sites for hydroxylation is 2. The molecule has 2 aromatic rings. The number of amides is 3. The van der Waals surface area contributed by atoms with E-state index in [4.69, 9.17) is 5.73 Å². The zero-order valence-corrected chi connectivity index (χ0v) is 11.9. The minimum Gasteiger partial charge on any atom is -0.398 e. The molecule has 2 aromatic carbocycles. The largest absolute Gasteiger partial charge is 0.398 e. The Labute approximate surface area is 123 Å². The van der Waals surface area contributed by atoms with Crippen LogP contribution in [-0.2, 0) is 0 Å². The van der Waals surface area contributed by atoms with Crippen LogP contribution in [-0.4, -0.2) is 11.9 Å². The van der Waals surface area contributed by atoms with Crippen molar-refractivity contribution >= 4 is 23.3 Å². The number of nitrogens with one attached hydrogen (secondary N) is 2. The van der Waals surface area contributed by atoms with Gasteiger partial charge in [-0.3, -0.25) is 10.1 Å². The molecule has 5 heteroatoms. The van der Waals surface area contributed by atoms with Crippen molar-refractivity contribution in [2.24, 2.45) is 0 Å². The summed E-state index contributed by atoms with van der Waals surface area (Å²) >= 11 is 0. The highest BCUT2D eigenvalue weighted by Crippen LogP contribution is 2.14.